The minimum Gasteiger partial charge on any atom is -0.465 e. The second kappa shape index (κ2) is 12.4. The molecule has 0 spiro atoms. The Bertz CT molecular complexity index is 308. The Morgan fingerprint density at radius 3 is 1.57 bits per heavy atom. The smallest absolute Gasteiger partial charge is 0.308 e. The molecule has 0 saturated heterocycles. The lowest BCUT2D eigenvalue weighted by Crippen LogP contribution is -2.19. The molecule has 1 rings (SSSR count). The van der Waals surface area contributed by atoms with Crippen LogP contribution in [0.4, 0.5) is 0 Å². The van der Waals surface area contributed by atoms with E-state index in [4.69, 9.17) is 9.47 Å². The lowest BCUT2D eigenvalue weighted by molar-refractivity contribution is -0.150. The highest BCUT2D eigenvalue weighted by atomic mass is 16.5. The first-order valence-electron chi connectivity index (χ1n) is 9.52. The Morgan fingerprint density at radius 2 is 1.17 bits per heavy atom. The molecule has 0 N–H and O–H groups in total. The normalized spacial score (nSPS) is 20.4. The highest BCUT2D eigenvalue weighted by molar-refractivity contribution is 5.77. The maximum absolute atomic E-state index is 12.0. The molecule has 0 radical (unpaired) electrons. The van der Waals surface area contributed by atoms with Crippen LogP contribution in [0.1, 0.15) is 84.5 Å². The molecule has 1 aliphatic carbocycles. The summed E-state index contributed by atoms with van der Waals surface area (Å²) in [5.41, 5.74) is 0. The second-order valence-corrected chi connectivity index (χ2v) is 6.66. The third-order valence-electron chi connectivity index (χ3n) is 4.58. The lowest BCUT2D eigenvalue weighted by Gasteiger charge is -2.11. The van der Waals surface area contributed by atoms with Gasteiger partial charge in [0.25, 0.3) is 0 Å². The van der Waals surface area contributed by atoms with Crippen molar-refractivity contribution in [1.82, 2.24) is 0 Å². The number of carbonyl (C=O) groups excluding carboxylic acids is 2. The Balaban J connectivity index is 2.13. The maximum Gasteiger partial charge on any atom is 0.308 e. The highest BCUT2D eigenvalue weighted by Gasteiger charge is 2.35. The van der Waals surface area contributed by atoms with Crippen molar-refractivity contribution >= 4 is 11.9 Å². The van der Waals surface area contributed by atoms with Crippen LogP contribution in [0.2, 0.25) is 0 Å². The van der Waals surface area contributed by atoms with Gasteiger partial charge in [0, 0.05) is 0 Å². The van der Waals surface area contributed by atoms with Crippen LogP contribution < -0.4 is 0 Å². The van der Waals surface area contributed by atoms with Gasteiger partial charge in [-0.05, 0) is 32.1 Å². The van der Waals surface area contributed by atoms with Crippen LogP contribution in [-0.4, -0.2) is 25.2 Å². The SMILES string of the molecule is CCCCCCOC(=O)C1CCC(C(=O)OCCCCCC)C1. The molecule has 4 heteroatoms. The number of esters is 2. The van der Waals surface area contributed by atoms with Gasteiger partial charge in [0.15, 0.2) is 0 Å². The van der Waals surface area contributed by atoms with E-state index < -0.39 is 0 Å². The quantitative estimate of drug-likeness (QED) is 0.387. The fourth-order valence-corrected chi connectivity index (χ4v) is 3.05. The molecule has 0 aromatic heterocycles. The number of unbranched alkanes of at least 4 members (excludes halogenated alkanes) is 6. The van der Waals surface area contributed by atoms with Gasteiger partial charge in [-0.25, -0.2) is 0 Å². The minimum atomic E-state index is -0.125. The predicted octanol–water partition coefficient (Wildman–Crippen LogP) is 4.65. The third-order valence-corrected chi connectivity index (χ3v) is 4.58. The lowest BCUT2D eigenvalue weighted by atomic mass is 10.1. The molecule has 0 aromatic rings. The Kier molecular flexibility index (Phi) is 10.8. The molecule has 1 aliphatic rings. The van der Waals surface area contributed by atoms with E-state index in [1.165, 1.54) is 25.7 Å². The fraction of sp³-hybridized carbons (Fsp3) is 0.895. The summed E-state index contributed by atoms with van der Waals surface area (Å²) in [4.78, 5) is 24.0. The van der Waals surface area contributed by atoms with Gasteiger partial charge in [-0.2, -0.15) is 0 Å². The molecule has 0 aliphatic heterocycles. The molecular weight excluding hydrogens is 292 g/mol. The summed E-state index contributed by atoms with van der Waals surface area (Å²) in [5.74, 6) is -0.475. The Morgan fingerprint density at radius 1 is 0.739 bits per heavy atom. The van der Waals surface area contributed by atoms with Gasteiger partial charge < -0.3 is 9.47 Å². The molecule has 1 fully saturated rings. The molecule has 134 valence electrons. The zero-order valence-corrected chi connectivity index (χ0v) is 15.0. The maximum atomic E-state index is 12.0. The predicted molar refractivity (Wildman–Crippen MR) is 91.0 cm³/mol. The first kappa shape index (κ1) is 20.0. The zero-order valence-electron chi connectivity index (χ0n) is 15.0. The third kappa shape index (κ3) is 8.38. The van der Waals surface area contributed by atoms with E-state index in [9.17, 15) is 9.59 Å². The first-order valence-corrected chi connectivity index (χ1v) is 9.52. The topological polar surface area (TPSA) is 52.6 Å². The van der Waals surface area contributed by atoms with Crippen LogP contribution in [0.5, 0.6) is 0 Å². The summed E-state index contributed by atoms with van der Waals surface area (Å²) >= 11 is 0. The number of carbonyl (C=O) groups is 2. The van der Waals surface area contributed by atoms with Gasteiger partial charge in [0.2, 0.25) is 0 Å². The van der Waals surface area contributed by atoms with Crippen LogP contribution >= 0.6 is 0 Å². The fourth-order valence-electron chi connectivity index (χ4n) is 3.05. The number of hydrogen-bond acceptors (Lipinski definition) is 4. The van der Waals surface area contributed by atoms with E-state index in [-0.39, 0.29) is 23.8 Å². The van der Waals surface area contributed by atoms with E-state index in [1.807, 2.05) is 0 Å². The molecule has 2 atom stereocenters. The van der Waals surface area contributed by atoms with Crippen molar-refractivity contribution in [3.63, 3.8) is 0 Å². The van der Waals surface area contributed by atoms with Crippen molar-refractivity contribution in [2.24, 2.45) is 11.8 Å². The largest absolute Gasteiger partial charge is 0.465 e. The van der Waals surface area contributed by atoms with E-state index >= 15 is 0 Å². The summed E-state index contributed by atoms with van der Waals surface area (Å²) < 4.78 is 10.7. The molecule has 23 heavy (non-hydrogen) atoms. The summed E-state index contributed by atoms with van der Waals surface area (Å²) in [5, 5.41) is 0. The van der Waals surface area contributed by atoms with Gasteiger partial charge >= 0.3 is 11.9 Å². The molecule has 0 bridgehead atoms. The van der Waals surface area contributed by atoms with Gasteiger partial charge in [0.1, 0.15) is 0 Å². The van der Waals surface area contributed by atoms with Crippen molar-refractivity contribution in [3.05, 3.63) is 0 Å². The summed E-state index contributed by atoms with van der Waals surface area (Å²) in [6, 6.07) is 0. The van der Waals surface area contributed by atoms with Crippen LogP contribution in [0.25, 0.3) is 0 Å². The van der Waals surface area contributed by atoms with E-state index in [1.54, 1.807) is 0 Å². The molecule has 2 unspecified atom stereocenters. The van der Waals surface area contributed by atoms with Gasteiger partial charge in [-0.15, -0.1) is 0 Å². The minimum absolute atomic E-state index is 0.112. The van der Waals surface area contributed by atoms with Crippen molar-refractivity contribution in [2.75, 3.05) is 13.2 Å². The van der Waals surface area contributed by atoms with Crippen LogP contribution in [-0.2, 0) is 19.1 Å². The molecule has 0 heterocycles. The van der Waals surface area contributed by atoms with Crippen LogP contribution in [0.15, 0.2) is 0 Å². The first-order chi connectivity index (χ1) is 11.2. The second-order valence-electron chi connectivity index (χ2n) is 6.66. The monoisotopic (exact) mass is 326 g/mol. The zero-order chi connectivity index (χ0) is 16.9. The van der Waals surface area contributed by atoms with Crippen molar-refractivity contribution in [3.8, 4) is 0 Å². The highest BCUT2D eigenvalue weighted by Crippen LogP contribution is 2.32. The van der Waals surface area contributed by atoms with E-state index in [2.05, 4.69) is 13.8 Å². The molecular formula is C19H34O4. The van der Waals surface area contributed by atoms with Gasteiger partial charge in [0.05, 0.1) is 25.0 Å². The van der Waals surface area contributed by atoms with Crippen molar-refractivity contribution < 1.29 is 19.1 Å². The Hall–Kier alpha value is -1.06. The molecule has 4 nitrogen and oxygen atoms in total. The van der Waals surface area contributed by atoms with E-state index in [0.717, 1.165) is 38.5 Å². The van der Waals surface area contributed by atoms with Crippen molar-refractivity contribution in [1.29, 1.82) is 0 Å². The van der Waals surface area contributed by atoms with Gasteiger partial charge in [-0.3, -0.25) is 9.59 Å². The summed E-state index contributed by atoms with van der Waals surface area (Å²) in [7, 11) is 0. The molecule has 1 saturated carbocycles. The van der Waals surface area contributed by atoms with E-state index in [0.29, 0.717) is 19.6 Å². The molecule has 0 aromatic carbocycles. The standard InChI is InChI=1S/C19H34O4/c1-3-5-7-9-13-22-18(20)16-11-12-17(15-16)19(21)23-14-10-8-6-4-2/h16-17H,3-15H2,1-2H3. The average molecular weight is 326 g/mol. The number of rotatable bonds is 12. The van der Waals surface area contributed by atoms with Gasteiger partial charge in [-0.1, -0.05) is 52.4 Å². The van der Waals surface area contributed by atoms with Crippen molar-refractivity contribution in [2.45, 2.75) is 84.5 Å². The van der Waals surface area contributed by atoms with Crippen LogP contribution in [0.3, 0.4) is 0 Å². The Labute approximate surface area is 141 Å². The average Bonchev–Trinajstić information content (AvgIpc) is 3.04. The summed E-state index contributed by atoms with van der Waals surface area (Å²) in [6.07, 6.45) is 10.9. The molecule has 0 amide bonds. The number of hydrogen-bond donors (Lipinski definition) is 0. The number of ether oxygens (including phenoxy) is 2. The van der Waals surface area contributed by atoms with Crippen LogP contribution in [0, 0.1) is 11.8 Å². The summed E-state index contributed by atoms with van der Waals surface area (Å²) in [6.45, 7) is 5.35.